The average molecular weight is 285 g/mol. The van der Waals surface area contributed by atoms with Crippen molar-refractivity contribution in [3.63, 3.8) is 0 Å². The van der Waals surface area contributed by atoms with Crippen LogP contribution in [0.15, 0.2) is 29.2 Å². The van der Waals surface area contributed by atoms with E-state index < -0.39 is 15.6 Å². The molecule has 19 heavy (non-hydrogen) atoms. The van der Waals surface area contributed by atoms with Gasteiger partial charge >= 0.3 is 0 Å². The van der Waals surface area contributed by atoms with Crippen LogP contribution in [0.25, 0.3) is 0 Å². The highest BCUT2D eigenvalue weighted by atomic mass is 32.2. The lowest BCUT2D eigenvalue weighted by atomic mass is 9.93. The molecule has 0 bridgehead atoms. The first kappa shape index (κ1) is 15.6. The second kappa shape index (κ2) is 5.68. The van der Waals surface area contributed by atoms with E-state index in [0.29, 0.717) is 18.5 Å². The summed E-state index contributed by atoms with van der Waals surface area (Å²) < 4.78 is 22.4. The van der Waals surface area contributed by atoms with Crippen molar-refractivity contribution in [3.05, 3.63) is 24.3 Å². The van der Waals surface area contributed by atoms with Gasteiger partial charge in [0.05, 0.1) is 10.4 Å². The number of benzene rings is 1. The molecule has 0 aliphatic carbocycles. The van der Waals surface area contributed by atoms with Crippen molar-refractivity contribution in [1.82, 2.24) is 0 Å². The van der Waals surface area contributed by atoms with Crippen LogP contribution < -0.4 is 16.2 Å². The van der Waals surface area contributed by atoms with Crippen LogP contribution in [-0.2, 0) is 14.8 Å². The van der Waals surface area contributed by atoms with Gasteiger partial charge in [-0.2, -0.15) is 0 Å². The van der Waals surface area contributed by atoms with Gasteiger partial charge in [-0.15, -0.1) is 0 Å². The number of anilines is 1. The van der Waals surface area contributed by atoms with Gasteiger partial charge in [0.1, 0.15) is 0 Å². The third-order valence-corrected chi connectivity index (χ3v) is 4.05. The Bertz CT molecular complexity index is 565. The molecule has 7 heteroatoms. The third kappa shape index (κ3) is 3.76. The molecule has 0 atom stereocenters. The van der Waals surface area contributed by atoms with Crippen molar-refractivity contribution in [1.29, 1.82) is 0 Å². The standard InChI is InChI=1S/C12H19N3O3S/c1-3-12(13,4-2)11(16)15-9-6-5-7-10(8-9)19(14,17)18/h5-8H,3-4,13H2,1-2H3,(H,15,16)(H2,14,17,18). The third-order valence-electron chi connectivity index (χ3n) is 3.13. The zero-order valence-electron chi connectivity index (χ0n) is 11.0. The van der Waals surface area contributed by atoms with E-state index in [4.69, 9.17) is 10.9 Å². The van der Waals surface area contributed by atoms with Crippen molar-refractivity contribution in [2.45, 2.75) is 37.1 Å². The zero-order chi connectivity index (χ0) is 14.7. The highest BCUT2D eigenvalue weighted by molar-refractivity contribution is 7.89. The second-order valence-corrected chi connectivity index (χ2v) is 5.95. The van der Waals surface area contributed by atoms with E-state index >= 15 is 0 Å². The first-order valence-electron chi connectivity index (χ1n) is 5.96. The first-order chi connectivity index (χ1) is 8.73. The molecule has 0 unspecified atom stereocenters. The fourth-order valence-electron chi connectivity index (χ4n) is 1.58. The van der Waals surface area contributed by atoms with Gasteiger partial charge in [-0.1, -0.05) is 19.9 Å². The highest BCUT2D eigenvalue weighted by Crippen LogP contribution is 2.18. The predicted molar refractivity (Wildman–Crippen MR) is 73.9 cm³/mol. The van der Waals surface area contributed by atoms with E-state index in [2.05, 4.69) is 5.32 Å². The van der Waals surface area contributed by atoms with Gasteiger partial charge in [0.25, 0.3) is 0 Å². The van der Waals surface area contributed by atoms with E-state index in [1.165, 1.54) is 18.2 Å². The van der Waals surface area contributed by atoms with E-state index in [1.807, 2.05) is 13.8 Å². The molecule has 0 fully saturated rings. The number of amides is 1. The van der Waals surface area contributed by atoms with Crippen molar-refractivity contribution in [2.75, 3.05) is 5.32 Å². The molecule has 0 aromatic heterocycles. The quantitative estimate of drug-likeness (QED) is 0.741. The Morgan fingerprint density at radius 3 is 2.37 bits per heavy atom. The molecule has 106 valence electrons. The SMILES string of the molecule is CCC(N)(CC)C(=O)Nc1cccc(S(N)(=O)=O)c1. The lowest BCUT2D eigenvalue weighted by Crippen LogP contribution is -2.50. The number of hydrogen-bond acceptors (Lipinski definition) is 4. The van der Waals surface area contributed by atoms with E-state index in [1.54, 1.807) is 6.07 Å². The molecular weight excluding hydrogens is 266 g/mol. The average Bonchev–Trinajstić information content (AvgIpc) is 2.37. The van der Waals surface area contributed by atoms with Crippen LogP contribution in [0.3, 0.4) is 0 Å². The minimum Gasteiger partial charge on any atom is -0.324 e. The summed E-state index contributed by atoms with van der Waals surface area (Å²) in [6.07, 6.45) is 0.981. The van der Waals surface area contributed by atoms with Crippen LogP contribution in [0.4, 0.5) is 5.69 Å². The van der Waals surface area contributed by atoms with Gasteiger partial charge in [-0.05, 0) is 31.0 Å². The molecule has 1 aromatic carbocycles. The number of carbonyl (C=O) groups excluding carboxylic acids is 1. The number of carbonyl (C=O) groups is 1. The van der Waals surface area contributed by atoms with E-state index in [9.17, 15) is 13.2 Å². The number of nitrogens with two attached hydrogens (primary N) is 2. The van der Waals surface area contributed by atoms with Crippen molar-refractivity contribution in [3.8, 4) is 0 Å². The van der Waals surface area contributed by atoms with Gasteiger partial charge in [0, 0.05) is 5.69 Å². The minimum atomic E-state index is -3.79. The van der Waals surface area contributed by atoms with Crippen LogP contribution in [0.2, 0.25) is 0 Å². The normalized spacial score (nSPS) is 12.2. The van der Waals surface area contributed by atoms with Crippen LogP contribution in [0, 0.1) is 0 Å². The maximum absolute atomic E-state index is 12.0. The maximum atomic E-state index is 12.0. The summed E-state index contributed by atoms with van der Waals surface area (Å²) >= 11 is 0. The molecule has 6 nitrogen and oxygen atoms in total. The fraction of sp³-hybridized carbons (Fsp3) is 0.417. The van der Waals surface area contributed by atoms with E-state index in [0.717, 1.165) is 0 Å². The van der Waals surface area contributed by atoms with E-state index in [-0.39, 0.29) is 10.8 Å². The van der Waals surface area contributed by atoms with Crippen LogP contribution in [0.5, 0.6) is 0 Å². The van der Waals surface area contributed by atoms with Gasteiger partial charge in [0.15, 0.2) is 0 Å². The molecule has 1 aromatic rings. The summed E-state index contributed by atoms with van der Waals surface area (Å²) in [6.45, 7) is 3.65. The number of hydrogen-bond donors (Lipinski definition) is 3. The molecule has 5 N–H and O–H groups in total. The molecule has 0 spiro atoms. The summed E-state index contributed by atoms with van der Waals surface area (Å²) in [7, 11) is -3.79. The Kier molecular flexibility index (Phi) is 4.67. The predicted octanol–water partition coefficient (Wildman–Crippen LogP) is 0.790. The van der Waals surface area contributed by atoms with Crippen LogP contribution in [0.1, 0.15) is 26.7 Å². The van der Waals surface area contributed by atoms with Gasteiger partial charge in [0.2, 0.25) is 15.9 Å². The summed E-state index contributed by atoms with van der Waals surface area (Å²) in [6, 6.07) is 5.75. The Morgan fingerprint density at radius 1 is 1.32 bits per heavy atom. The summed E-state index contributed by atoms with van der Waals surface area (Å²) in [4.78, 5) is 12.0. The topological polar surface area (TPSA) is 115 Å². The molecule has 0 aliphatic rings. The molecule has 1 amide bonds. The first-order valence-corrected chi connectivity index (χ1v) is 7.50. The Morgan fingerprint density at radius 2 is 1.89 bits per heavy atom. The minimum absolute atomic E-state index is 0.0547. The van der Waals surface area contributed by atoms with Crippen molar-refractivity contribution in [2.24, 2.45) is 10.9 Å². The maximum Gasteiger partial charge on any atom is 0.244 e. The number of rotatable bonds is 5. The lowest BCUT2D eigenvalue weighted by molar-refractivity contribution is -0.121. The molecule has 0 heterocycles. The smallest absolute Gasteiger partial charge is 0.244 e. The van der Waals surface area contributed by atoms with Crippen molar-refractivity contribution < 1.29 is 13.2 Å². The highest BCUT2D eigenvalue weighted by Gasteiger charge is 2.29. The second-order valence-electron chi connectivity index (χ2n) is 4.39. The fourth-order valence-corrected chi connectivity index (χ4v) is 2.14. The molecule has 0 saturated carbocycles. The van der Waals surface area contributed by atoms with Crippen LogP contribution >= 0.6 is 0 Å². The van der Waals surface area contributed by atoms with Crippen LogP contribution in [-0.4, -0.2) is 19.9 Å². The summed E-state index contributed by atoms with van der Waals surface area (Å²) in [5.41, 5.74) is 5.35. The molecule has 0 radical (unpaired) electrons. The number of nitrogens with one attached hydrogen (secondary N) is 1. The molecular formula is C12H19N3O3S. The van der Waals surface area contributed by atoms with Crippen molar-refractivity contribution >= 4 is 21.6 Å². The zero-order valence-corrected chi connectivity index (χ0v) is 11.8. The van der Waals surface area contributed by atoms with Gasteiger partial charge < -0.3 is 11.1 Å². The summed E-state index contributed by atoms with van der Waals surface area (Å²) in [5, 5.41) is 7.64. The Hall–Kier alpha value is -1.44. The lowest BCUT2D eigenvalue weighted by Gasteiger charge is -2.25. The molecule has 0 aliphatic heterocycles. The largest absolute Gasteiger partial charge is 0.324 e. The Labute approximate surface area is 113 Å². The molecule has 1 rings (SSSR count). The number of primary sulfonamides is 1. The molecule has 0 saturated heterocycles. The monoisotopic (exact) mass is 285 g/mol. The summed E-state index contributed by atoms with van der Waals surface area (Å²) in [5.74, 6) is -0.343. The number of sulfonamides is 1. The van der Waals surface area contributed by atoms with Gasteiger partial charge in [-0.3, -0.25) is 4.79 Å². The van der Waals surface area contributed by atoms with Gasteiger partial charge in [-0.25, -0.2) is 13.6 Å². The Balaban J connectivity index is 2.99.